The summed E-state index contributed by atoms with van der Waals surface area (Å²) >= 11 is 0. The normalized spacial score (nSPS) is 12.5. The summed E-state index contributed by atoms with van der Waals surface area (Å²) in [5, 5.41) is 3.37. The highest BCUT2D eigenvalue weighted by Gasteiger charge is 2.36. The van der Waals surface area contributed by atoms with Crippen molar-refractivity contribution in [3.8, 4) is 0 Å². The van der Waals surface area contributed by atoms with Crippen LogP contribution in [0.2, 0.25) is 0 Å². The Kier molecular flexibility index (Phi) is 4.58. The molecule has 4 amide bonds. The van der Waals surface area contributed by atoms with Gasteiger partial charge in [-0.1, -0.05) is 18.2 Å². The molecule has 1 aromatic heterocycles. The van der Waals surface area contributed by atoms with Crippen LogP contribution in [0.4, 0.5) is 5.69 Å². The number of hydrazine groups is 1. The number of aromatic nitrogens is 1. The first-order valence-electron chi connectivity index (χ1n) is 8.66. The first kappa shape index (κ1) is 18.1. The fraction of sp³-hybridized carbons (Fsp3) is 0. The number of rotatable bonds is 4. The van der Waals surface area contributed by atoms with Crippen molar-refractivity contribution in [3.63, 3.8) is 0 Å². The fourth-order valence-electron chi connectivity index (χ4n) is 2.85. The Morgan fingerprint density at radius 1 is 0.759 bits per heavy atom. The van der Waals surface area contributed by atoms with E-state index in [4.69, 9.17) is 0 Å². The van der Waals surface area contributed by atoms with Gasteiger partial charge in [-0.2, -0.15) is 5.01 Å². The fourth-order valence-corrected chi connectivity index (χ4v) is 2.85. The van der Waals surface area contributed by atoms with Crippen molar-refractivity contribution in [2.75, 3.05) is 5.32 Å². The summed E-state index contributed by atoms with van der Waals surface area (Å²) in [6, 6.07) is 17.4. The van der Waals surface area contributed by atoms with Gasteiger partial charge in [0, 0.05) is 17.4 Å². The summed E-state index contributed by atoms with van der Waals surface area (Å²) < 4.78 is 0. The number of carbonyl (C=O) groups is 4. The Hall–Kier alpha value is -4.33. The monoisotopic (exact) mass is 386 g/mol. The average molecular weight is 386 g/mol. The van der Waals surface area contributed by atoms with Gasteiger partial charge >= 0.3 is 0 Å². The molecule has 2 heterocycles. The van der Waals surface area contributed by atoms with Gasteiger partial charge in [0.25, 0.3) is 23.6 Å². The number of amides is 4. The van der Waals surface area contributed by atoms with Crippen molar-refractivity contribution < 1.29 is 19.2 Å². The van der Waals surface area contributed by atoms with Crippen LogP contribution in [0.3, 0.4) is 0 Å². The lowest BCUT2D eigenvalue weighted by Crippen LogP contribution is -2.45. The average Bonchev–Trinajstić information content (AvgIpc) is 3.00. The van der Waals surface area contributed by atoms with E-state index in [-0.39, 0.29) is 28.3 Å². The van der Waals surface area contributed by atoms with E-state index in [1.807, 2.05) is 0 Å². The number of pyridine rings is 1. The number of imide groups is 1. The summed E-state index contributed by atoms with van der Waals surface area (Å²) in [5.74, 6) is -2.17. The number of nitrogens with one attached hydrogen (secondary N) is 2. The maximum atomic E-state index is 12.4. The van der Waals surface area contributed by atoms with Crippen LogP contribution in [0.5, 0.6) is 0 Å². The number of hydrogen-bond donors (Lipinski definition) is 2. The van der Waals surface area contributed by atoms with E-state index in [1.54, 1.807) is 30.3 Å². The molecule has 0 aliphatic carbocycles. The van der Waals surface area contributed by atoms with Gasteiger partial charge in [-0.3, -0.25) is 29.6 Å². The molecule has 0 unspecified atom stereocenters. The largest absolute Gasteiger partial charge is 0.321 e. The zero-order valence-electron chi connectivity index (χ0n) is 15.0. The number of benzene rings is 2. The summed E-state index contributed by atoms with van der Waals surface area (Å²) in [4.78, 5) is 53.2. The van der Waals surface area contributed by atoms with Crippen LogP contribution in [0.1, 0.15) is 41.6 Å². The molecule has 0 spiro atoms. The van der Waals surface area contributed by atoms with Gasteiger partial charge in [-0.05, 0) is 48.5 Å². The van der Waals surface area contributed by atoms with E-state index >= 15 is 0 Å². The third-order valence-electron chi connectivity index (χ3n) is 4.31. The highest BCUT2D eigenvalue weighted by atomic mass is 16.2. The maximum absolute atomic E-state index is 12.4. The Morgan fingerprint density at radius 3 is 1.97 bits per heavy atom. The zero-order chi connectivity index (χ0) is 20.4. The van der Waals surface area contributed by atoms with E-state index in [0.717, 1.165) is 0 Å². The van der Waals surface area contributed by atoms with Gasteiger partial charge in [-0.25, -0.2) is 0 Å². The van der Waals surface area contributed by atoms with Gasteiger partial charge in [0.05, 0.1) is 11.1 Å². The molecule has 1 aliphatic heterocycles. The molecule has 8 nitrogen and oxygen atoms in total. The Morgan fingerprint density at radius 2 is 1.38 bits per heavy atom. The second-order valence-electron chi connectivity index (χ2n) is 6.18. The van der Waals surface area contributed by atoms with E-state index in [1.165, 1.54) is 42.6 Å². The predicted molar refractivity (Wildman–Crippen MR) is 103 cm³/mol. The van der Waals surface area contributed by atoms with Crippen molar-refractivity contribution >= 4 is 29.3 Å². The minimum Gasteiger partial charge on any atom is -0.321 e. The standard InChI is InChI=1S/C21H14N4O4/c26-18(24-25-20(28)15-5-1-2-6-16(15)21(25)29)13-8-10-14(11-9-13)23-19(27)17-7-3-4-12-22-17/h1-12H,(H,23,27)(H,24,26). The Bertz CT molecular complexity index is 1090. The van der Waals surface area contributed by atoms with E-state index in [0.29, 0.717) is 10.7 Å². The van der Waals surface area contributed by atoms with Crippen LogP contribution < -0.4 is 10.7 Å². The molecule has 29 heavy (non-hydrogen) atoms. The lowest BCUT2D eigenvalue weighted by atomic mass is 10.1. The summed E-state index contributed by atoms with van der Waals surface area (Å²) in [7, 11) is 0. The Balaban J connectivity index is 1.43. The summed E-state index contributed by atoms with van der Waals surface area (Å²) in [5.41, 5.74) is 3.76. The number of hydrogen-bond acceptors (Lipinski definition) is 5. The lowest BCUT2D eigenvalue weighted by molar-refractivity contribution is 0.0518. The van der Waals surface area contributed by atoms with Crippen molar-refractivity contribution in [2.45, 2.75) is 0 Å². The third kappa shape index (κ3) is 3.46. The molecule has 2 aromatic carbocycles. The number of fused-ring (bicyclic) bond motifs is 1. The minimum atomic E-state index is -0.623. The maximum Gasteiger partial charge on any atom is 0.280 e. The molecule has 3 aromatic rings. The predicted octanol–water partition coefficient (Wildman–Crippen LogP) is 2.27. The highest BCUT2D eigenvalue weighted by molar-refractivity contribution is 6.22. The highest BCUT2D eigenvalue weighted by Crippen LogP contribution is 2.21. The second-order valence-corrected chi connectivity index (χ2v) is 6.18. The first-order chi connectivity index (χ1) is 14.0. The number of carbonyl (C=O) groups excluding carboxylic acids is 4. The van der Waals surface area contributed by atoms with Crippen LogP contribution >= 0.6 is 0 Å². The third-order valence-corrected chi connectivity index (χ3v) is 4.31. The Labute approximate surface area is 165 Å². The molecular weight excluding hydrogens is 372 g/mol. The molecule has 4 rings (SSSR count). The van der Waals surface area contributed by atoms with Gasteiger partial charge in [0.15, 0.2) is 0 Å². The molecule has 0 radical (unpaired) electrons. The molecule has 2 N–H and O–H groups in total. The van der Waals surface area contributed by atoms with E-state index < -0.39 is 17.7 Å². The molecule has 1 aliphatic rings. The van der Waals surface area contributed by atoms with Crippen molar-refractivity contribution in [1.82, 2.24) is 15.4 Å². The SMILES string of the molecule is O=C(NN1C(=O)c2ccccc2C1=O)c1ccc(NC(=O)c2ccccn2)cc1. The molecule has 142 valence electrons. The smallest absolute Gasteiger partial charge is 0.280 e. The van der Waals surface area contributed by atoms with Gasteiger partial charge in [0.1, 0.15) is 5.69 Å². The van der Waals surface area contributed by atoms with Gasteiger partial charge < -0.3 is 5.32 Å². The molecule has 0 fully saturated rings. The van der Waals surface area contributed by atoms with E-state index in [9.17, 15) is 19.2 Å². The molecule has 0 saturated carbocycles. The van der Waals surface area contributed by atoms with Gasteiger partial charge in [-0.15, -0.1) is 0 Å². The summed E-state index contributed by atoms with van der Waals surface area (Å²) in [6.07, 6.45) is 1.52. The van der Waals surface area contributed by atoms with Crippen molar-refractivity contribution in [3.05, 3.63) is 95.3 Å². The number of nitrogens with zero attached hydrogens (tertiary/aromatic N) is 2. The van der Waals surface area contributed by atoms with E-state index in [2.05, 4.69) is 15.7 Å². The minimum absolute atomic E-state index is 0.220. The number of anilines is 1. The lowest BCUT2D eigenvalue weighted by Gasteiger charge is -2.15. The van der Waals surface area contributed by atoms with Crippen LogP contribution in [0.15, 0.2) is 72.9 Å². The summed E-state index contributed by atoms with van der Waals surface area (Å²) in [6.45, 7) is 0. The van der Waals surface area contributed by atoms with Crippen LogP contribution in [-0.4, -0.2) is 33.6 Å². The van der Waals surface area contributed by atoms with Gasteiger partial charge in [0.2, 0.25) is 0 Å². The molecule has 8 heteroatoms. The van der Waals surface area contributed by atoms with Crippen LogP contribution in [0, 0.1) is 0 Å². The molecular formula is C21H14N4O4. The zero-order valence-corrected chi connectivity index (χ0v) is 15.0. The van der Waals surface area contributed by atoms with Crippen LogP contribution in [0.25, 0.3) is 0 Å². The molecule has 0 atom stereocenters. The topological polar surface area (TPSA) is 108 Å². The second kappa shape index (κ2) is 7.35. The quantitative estimate of drug-likeness (QED) is 0.669. The van der Waals surface area contributed by atoms with Crippen molar-refractivity contribution in [2.24, 2.45) is 0 Å². The van der Waals surface area contributed by atoms with Crippen molar-refractivity contribution in [1.29, 1.82) is 0 Å². The first-order valence-corrected chi connectivity index (χ1v) is 8.66. The molecule has 0 bridgehead atoms. The van der Waals surface area contributed by atoms with Crippen LogP contribution in [-0.2, 0) is 0 Å². The molecule has 0 saturated heterocycles.